The highest BCUT2D eigenvalue weighted by Crippen LogP contribution is 2.29. The molecule has 0 unspecified atom stereocenters. The second-order valence-corrected chi connectivity index (χ2v) is 9.80. The number of fused-ring (bicyclic) bond motifs is 1. The smallest absolute Gasteiger partial charge is 0.272 e. The summed E-state index contributed by atoms with van der Waals surface area (Å²) < 4.78 is 25.1. The van der Waals surface area contributed by atoms with Gasteiger partial charge in [-0.2, -0.15) is 5.10 Å². The Morgan fingerprint density at radius 3 is 2.35 bits per heavy atom. The third kappa shape index (κ3) is 5.41. The maximum absolute atomic E-state index is 13.1. The molecule has 3 aromatic carbocycles. The highest BCUT2D eigenvalue weighted by molar-refractivity contribution is 7.92. The van der Waals surface area contributed by atoms with Gasteiger partial charge < -0.3 is 0 Å². The first-order valence-electron chi connectivity index (χ1n) is 10.3. The zero-order chi connectivity index (χ0) is 24.3. The van der Waals surface area contributed by atoms with Gasteiger partial charge in [0.15, 0.2) is 0 Å². The van der Waals surface area contributed by atoms with Gasteiger partial charge in [0.05, 0.1) is 28.7 Å². The first-order valence-corrected chi connectivity index (χ1v) is 12.6. The monoisotopic (exact) mass is 492 g/mol. The molecule has 1 heterocycles. The number of rotatable bonds is 6. The van der Waals surface area contributed by atoms with E-state index < -0.39 is 10.0 Å². The van der Waals surface area contributed by atoms with Gasteiger partial charge in [-0.15, -0.1) is 0 Å². The Morgan fingerprint density at radius 1 is 0.971 bits per heavy atom. The van der Waals surface area contributed by atoms with Crippen LogP contribution in [-0.2, 0) is 10.0 Å². The van der Waals surface area contributed by atoms with Crippen molar-refractivity contribution >= 4 is 49.8 Å². The minimum Gasteiger partial charge on any atom is -0.284 e. The standard InChI is InChI=1S/C25H21ClN4O3S/c1-16(17-11-13-18(14-12-17)30-34(2,32)33)28-29-25(31)21-15-24(20-8-3-5-9-22(20)26)27-23-10-6-4-7-19(21)23/h3-15,30H,1-2H3,(H,29,31)/b28-16+. The van der Waals surface area contributed by atoms with E-state index in [0.717, 1.165) is 17.4 Å². The Bertz CT molecular complexity index is 1520. The number of benzene rings is 3. The van der Waals surface area contributed by atoms with Gasteiger partial charge in [0.2, 0.25) is 10.0 Å². The van der Waals surface area contributed by atoms with Crippen LogP contribution in [0.1, 0.15) is 22.8 Å². The number of hydrogen-bond donors (Lipinski definition) is 2. The molecule has 0 saturated heterocycles. The number of pyridine rings is 1. The maximum Gasteiger partial charge on any atom is 0.272 e. The lowest BCUT2D eigenvalue weighted by atomic mass is 10.0. The van der Waals surface area contributed by atoms with Gasteiger partial charge in [-0.1, -0.05) is 60.1 Å². The van der Waals surface area contributed by atoms with E-state index in [4.69, 9.17) is 11.6 Å². The quantitative estimate of drug-likeness (QED) is 0.289. The number of para-hydroxylation sites is 1. The predicted molar refractivity (Wildman–Crippen MR) is 137 cm³/mol. The molecular weight excluding hydrogens is 472 g/mol. The van der Waals surface area contributed by atoms with Crippen molar-refractivity contribution in [2.75, 3.05) is 11.0 Å². The molecule has 1 aromatic heterocycles. The summed E-state index contributed by atoms with van der Waals surface area (Å²) >= 11 is 6.36. The normalized spacial score (nSPS) is 11.9. The van der Waals surface area contributed by atoms with E-state index in [-0.39, 0.29) is 5.91 Å². The molecule has 0 bridgehead atoms. The van der Waals surface area contributed by atoms with E-state index in [1.807, 2.05) is 42.5 Å². The summed E-state index contributed by atoms with van der Waals surface area (Å²) in [7, 11) is -3.36. The second-order valence-electron chi connectivity index (χ2n) is 7.64. The fourth-order valence-electron chi connectivity index (χ4n) is 3.42. The van der Waals surface area contributed by atoms with Gasteiger partial charge in [0, 0.05) is 21.7 Å². The number of carbonyl (C=O) groups excluding carboxylic acids is 1. The van der Waals surface area contributed by atoms with E-state index in [9.17, 15) is 13.2 Å². The molecule has 0 radical (unpaired) electrons. The van der Waals surface area contributed by atoms with Crippen LogP contribution in [0.5, 0.6) is 0 Å². The molecule has 4 rings (SSSR count). The first-order chi connectivity index (χ1) is 16.2. The number of nitrogens with zero attached hydrogens (tertiary/aromatic N) is 2. The van der Waals surface area contributed by atoms with Crippen LogP contribution in [0.3, 0.4) is 0 Å². The van der Waals surface area contributed by atoms with E-state index in [1.165, 1.54) is 0 Å². The Balaban J connectivity index is 1.63. The van der Waals surface area contributed by atoms with E-state index in [0.29, 0.717) is 38.6 Å². The zero-order valence-corrected chi connectivity index (χ0v) is 20.0. The first kappa shape index (κ1) is 23.4. The average molecular weight is 493 g/mol. The van der Waals surface area contributed by atoms with Crippen molar-refractivity contribution in [1.29, 1.82) is 0 Å². The molecule has 0 spiro atoms. The van der Waals surface area contributed by atoms with Crippen LogP contribution in [0, 0.1) is 0 Å². The highest BCUT2D eigenvalue weighted by Gasteiger charge is 2.15. The van der Waals surface area contributed by atoms with Crippen molar-refractivity contribution in [2.24, 2.45) is 5.10 Å². The van der Waals surface area contributed by atoms with Gasteiger partial charge in [-0.05, 0) is 42.8 Å². The van der Waals surface area contributed by atoms with Gasteiger partial charge in [0.1, 0.15) is 0 Å². The third-order valence-electron chi connectivity index (χ3n) is 5.04. The average Bonchev–Trinajstić information content (AvgIpc) is 2.81. The number of sulfonamides is 1. The lowest BCUT2D eigenvalue weighted by Crippen LogP contribution is -2.20. The summed E-state index contributed by atoms with van der Waals surface area (Å²) in [5.74, 6) is -0.387. The number of hydrazone groups is 1. The molecule has 172 valence electrons. The van der Waals surface area contributed by atoms with Gasteiger partial charge in [-0.25, -0.2) is 18.8 Å². The zero-order valence-electron chi connectivity index (χ0n) is 18.4. The number of carbonyl (C=O) groups is 1. The topological polar surface area (TPSA) is 101 Å². The van der Waals surface area contributed by atoms with Crippen LogP contribution < -0.4 is 10.1 Å². The van der Waals surface area contributed by atoms with Crippen molar-refractivity contribution < 1.29 is 13.2 Å². The number of nitrogens with one attached hydrogen (secondary N) is 2. The van der Waals surface area contributed by atoms with Gasteiger partial charge >= 0.3 is 0 Å². The second kappa shape index (κ2) is 9.62. The molecule has 9 heteroatoms. The molecule has 0 atom stereocenters. The minimum atomic E-state index is -3.36. The van der Waals surface area contributed by atoms with Crippen LogP contribution in [0.15, 0.2) is 84.0 Å². The fraction of sp³-hybridized carbons (Fsp3) is 0.0800. The number of anilines is 1. The van der Waals surface area contributed by atoms with Crippen LogP contribution >= 0.6 is 11.6 Å². The molecule has 4 aromatic rings. The van der Waals surface area contributed by atoms with Crippen LogP contribution in [0.25, 0.3) is 22.2 Å². The van der Waals surface area contributed by atoms with Crippen molar-refractivity contribution in [3.8, 4) is 11.3 Å². The highest BCUT2D eigenvalue weighted by atomic mass is 35.5. The Hall–Kier alpha value is -3.75. The fourth-order valence-corrected chi connectivity index (χ4v) is 4.22. The molecule has 0 fully saturated rings. The summed E-state index contributed by atoms with van der Waals surface area (Å²) in [5, 5.41) is 5.47. The predicted octanol–water partition coefficient (Wildman–Crippen LogP) is 5.08. The Morgan fingerprint density at radius 2 is 1.65 bits per heavy atom. The number of hydrogen-bond acceptors (Lipinski definition) is 5. The van der Waals surface area contributed by atoms with Crippen molar-refractivity contribution in [1.82, 2.24) is 10.4 Å². The van der Waals surface area contributed by atoms with Crippen LogP contribution in [-0.4, -0.2) is 31.3 Å². The summed E-state index contributed by atoms with van der Waals surface area (Å²) in [6, 6.07) is 23.1. The molecule has 1 amide bonds. The summed E-state index contributed by atoms with van der Waals surface area (Å²) in [5.41, 5.74) is 6.75. The van der Waals surface area contributed by atoms with Crippen LogP contribution in [0.2, 0.25) is 5.02 Å². The van der Waals surface area contributed by atoms with Gasteiger partial charge in [0.25, 0.3) is 5.91 Å². The molecule has 34 heavy (non-hydrogen) atoms. The van der Waals surface area contributed by atoms with E-state index in [1.54, 1.807) is 43.3 Å². The lowest BCUT2D eigenvalue weighted by molar-refractivity contribution is 0.0956. The van der Waals surface area contributed by atoms with E-state index >= 15 is 0 Å². The number of aromatic nitrogens is 1. The summed E-state index contributed by atoms with van der Waals surface area (Å²) in [6.45, 7) is 1.75. The molecule has 2 N–H and O–H groups in total. The van der Waals surface area contributed by atoms with Gasteiger partial charge in [-0.3, -0.25) is 9.52 Å². The minimum absolute atomic E-state index is 0.387. The molecule has 0 aliphatic heterocycles. The molecule has 7 nitrogen and oxygen atoms in total. The molecule has 0 saturated carbocycles. The van der Waals surface area contributed by atoms with Crippen molar-refractivity contribution in [2.45, 2.75) is 6.92 Å². The summed E-state index contributed by atoms with van der Waals surface area (Å²) in [6.07, 6.45) is 1.09. The Labute approximate surface area is 202 Å². The lowest BCUT2D eigenvalue weighted by Gasteiger charge is -2.10. The number of amides is 1. The Kier molecular flexibility index (Phi) is 6.63. The third-order valence-corrected chi connectivity index (χ3v) is 5.98. The SMILES string of the molecule is C/C(=N\NC(=O)c1cc(-c2ccccc2Cl)nc2ccccc12)c1ccc(NS(C)(=O)=O)cc1. The maximum atomic E-state index is 13.1. The summed E-state index contributed by atoms with van der Waals surface area (Å²) in [4.78, 5) is 17.8. The molecule has 0 aliphatic rings. The van der Waals surface area contributed by atoms with Crippen molar-refractivity contribution in [3.05, 3.63) is 95.0 Å². The van der Waals surface area contributed by atoms with Crippen LogP contribution in [0.4, 0.5) is 5.69 Å². The number of halogens is 1. The molecular formula is C25H21ClN4O3S. The largest absolute Gasteiger partial charge is 0.284 e. The van der Waals surface area contributed by atoms with E-state index in [2.05, 4.69) is 20.2 Å². The molecule has 0 aliphatic carbocycles. The van der Waals surface area contributed by atoms with Crippen molar-refractivity contribution in [3.63, 3.8) is 0 Å².